The van der Waals surface area contributed by atoms with Gasteiger partial charge in [0.2, 0.25) is 0 Å². The third-order valence-corrected chi connectivity index (χ3v) is 4.26. The molecular weight excluding hydrogens is 335 g/mol. The summed E-state index contributed by atoms with van der Waals surface area (Å²) < 4.78 is 38.4. The molecule has 0 bridgehead atoms. The maximum Gasteiger partial charge on any atom is 0.416 e. The molecule has 1 unspecified atom stereocenters. The van der Waals surface area contributed by atoms with Crippen LogP contribution in [0.4, 0.5) is 18.9 Å². The maximum atomic E-state index is 12.8. The third kappa shape index (κ3) is 5.65. The molecule has 0 aliphatic carbocycles. The van der Waals surface area contributed by atoms with Crippen LogP contribution in [0.5, 0.6) is 0 Å². The van der Waals surface area contributed by atoms with Gasteiger partial charge in [-0.25, -0.2) is 0 Å². The molecule has 0 amide bonds. The summed E-state index contributed by atoms with van der Waals surface area (Å²) in [5, 5.41) is 3.43. The first kappa shape index (κ1) is 20.1. The topological polar surface area (TPSA) is 12.0 Å². The van der Waals surface area contributed by atoms with Gasteiger partial charge in [0.1, 0.15) is 0 Å². The van der Waals surface area contributed by atoms with Gasteiger partial charge in [-0.05, 0) is 48.2 Å². The molecule has 0 saturated carbocycles. The van der Waals surface area contributed by atoms with E-state index >= 15 is 0 Å². The first-order chi connectivity index (χ1) is 12.5. The summed E-state index contributed by atoms with van der Waals surface area (Å²) in [6.45, 7) is 4.28. The number of rotatable bonds is 8. The number of unbranched alkanes of at least 4 members (excludes halogenated alkanes) is 1. The second kappa shape index (κ2) is 9.46. The number of anilines is 1. The number of nitrogens with one attached hydrogen (secondary N) is 1. The largest absolute Gasteiger partial charge is 0.416 e. The highest BCUT2D eigenvalue weighted by atomic mass is 19.4. The zero-order valence-electron chi connectivity index (χ0n) is 15.3. The molecule has 1 nitrogen and oxygen atoms in total. The predicted octanol–water partition coefficient (Wildman–Crippen LogP) is 7.39. The summed E-state index contributed by atoms with van der Waals surface area (Å²) in [7, 11) is 0. The highest BCUT2D eigenvalue weighted by molar-refractivity contribution is 5.50. The fourth-order valence-corrected chi connectivity index (χ4v) is 2.94. The molecule has 0 fully saturated rings. The molecule has 2 aromatic carbocycles. The Morgan fingerprint density at radius 3 is 2.15 bits per heavy atom. The van der Waals surface area contributed by atoms with Crippen LogP contribution in [-0.2, 0) is 6.18 Å². The average molecular weight is 361 g/mol. The van der Waals surface area contributed by atoms with Crippen LogP contribution in [0.15, 0.2) is 66.2 Å². The van der Waals surface area contributed by atoms with Crippen molar-refractivity contribution in [3.8, 4) is 0 Å². The second-order valence-corrected chi connectivity index (χ2v) is 6.38. The zero-order valence-corrected chi connectivity index (χ0v) is 15.3. The van der Waals surface area contributed by atoms with Crippen molar-refractivity contribution in [1.29, 1.82) is 0 Å². The van der Waals surface area contributed by atoms with Gasteiger partial charge in [0.25, 0.3) is 0 Å². The van der Waals surface area contributed by atoms with E-state index in [0.29, 0.717) is 5.69 Å². The number of hydrogen-bond acceptors (Lipinski definition) is 1. The van der Waals surface area contributed by atoms with Crippen LogP contribution in [0.3, 0.4) is 0 Å². The fourth-order valence-electron chi connectivity index (χ4n) is 2.94. The van der Waals surface area contributed by atoms with E-state index in [1.54, 1.807) is 0 Å². The first-order valence-electron chi connectivity index (χ1n) is 9.13. The molecule has 0 radical (unpaired) electrons. The molecule has 2 aromatic rings. The lowest BCUT2D eigenvalue weighted by Gasteiger charge is -2.24. The van der Waals surface area contributed by atoms with Gasteiger partial charge in [-0.15, -0.1) is 0 Å². The lowest BCUT2D eigenvalue weighted by Crippen LogP contribution is -2.14. The van der Waals surface area contributed by atoms with Gasteiger partial charge in [-0.1, -0.05) is 63.1 Å². The highest BCUT2D eigenvalue weighted by Gasteiger charge is 2.30. The van der Waals surface area contributed by atoms with Crippen LogP contribution in [0.2, 0.25) is 0 Å². The van der Waals surface area contributed by atoms with Crippen molar-refractivity contribution >= 4 is 5.69 Å². The predicted molar refractivity (Wildman–Crippen MR) is 102 cm³/mol. The molecular formula is C22H26F3N. The molecule has 2 rings (SSSR count). The van der Waals surface area contributed by atoms with Crippen molar-refractivity contribution in [3.63, 3.8) is 0 Å². The summed E-state index contributed by atoms with van der Waals surface area (Å²) in [5.74, 6) is 0. The lowest BCUT2D eigenvalue weighted by molar-refractivity contribution is -0.137. The van der Waals surface area contributed by atoms with E-state index < -0.39 is 11.7 Å². The number of hydrogen-bond donors (Lipinski definition) is 1. The molecule has 1 atom stereocenters. The van der Waals surface area contributed by atoms with Crippen LogP contribution in [-0.4, -0.2) is 0 Å². The van der Waals surface area contributed by atoms with E-state index in [0.717, 1.165) is 43.4 Å². The van der Waals surface area contributed by atoms with E-state index in [1.807, 2.05) is 18.2 Å². The second-order valence-electron chi connectivity index (χ2n) is 6.38. The summed E-state index contributed by atoms with van der Waals surface area (Å²) >= 11 is 0. The minimum Gasteiger partial charge on any atom is -0.374 e. The maximum absolute atomic E-state index is 12.8. The standard InChI is InChI=1S/C22H26F3N/c1-3-5-10-17(9-4-2)21(18-11-7-6-8-12-18)26-20-15-13-19(14-16-20)22(23,24)25/h6-8,10-16,21,26H,3-5,9H2,1-2H3/b17-10+. The molecule has 140 valence electrons. The van der Waals surface area contributed by atoms with Crippen LogP contribution >= 0.6 is 0 Å². The van der Waals surface area contributed by atoms with Crippen molar-refractivity contribution in [2.24, 2.45) is 0 Å². The Balaban J connectivity index is 2.32. The summed E-state index contributed by atoms with van der Waals surface area (Å²) in [6, 6.07) is 15.3. The van der Waals surface area contributed by atoms with Gasteiger partial charge < -0.3 is 5.32 Å². The minimum atomic E-state index is -4.31. The van der Waals surface area contributed by atoms with Gasteiger partial charge in [-0.3, -0.25) is 0 Å². The third-order valence-electron chi connectivity index (χ3n) is 4.26. The Labute approximate surface area is 153 Å². The van der Waals surface area contributed by atoms with Crippen molar-refractivity contribution in [2.45, 2.75) is 51.7 Å². The van der Waals surface area contributed by atoms with E-state index in [4.69, 9.17) is 0 Å². The van der Waals surface area contributed by atoms with E-state index in [9.17, 15) is 13.2 Å². The molecule has 0 heterocycles. The molecule has 0 aromatic heterocycles. The normalized spacial score (nSPS) is 13.5. The number of benzene rings is 2. The lowest BCUT2D eigenvalue weighted by atomic mass is 9.93. The van der Waals surface area contributed by atoms with E-state index in [-0.39, 0.29) is 6.04 Å². The Hall–Kier alpha value is -2.23. The zero-order chi connectivity index (χ0) is 19.0. The Morgan fingerprint density at radius 2 is 1.62 bits per heavy atom. The SMILES string of the molecule is CCC/C=C(\CCC)C(Nc1ccc(C(F)(F)F)cc1)c1ccccc1. The monoisotopic (exact) mass is 361 g/mol. The molecule has 0 spiro atoms. The van der Waals surface area contributed by atoms with E-state index in [1.165, 1.54) is 17.7 Å². The van der Waals surface area contributed by atoms with Crippen molar-refractivity contribution in [1.82, 2.24) is 0 Å². The summed E-state index contributed by atoms with van der Waals surface area (Å²) in [6.07, 6.45) is 1.98. The smallest absolute Gasteiger partial charge is 0.374 e. The Bertz CT molecular complexity index is 688. The van der Waals surface area contributed by atoms with Crippen molar-refractivity contribution < 1.29 is 13.2 Å². The van der Waals surface area contributed by atoms with Crippen LogP contribution in [0.25, 0.3) is 0 Å². The molecule has 4 heteroatoms. The number of halogens is 3. The van der Waals surface area contributed by atoms with Crippen molar-refractivity contribution in [3.05, 3.63) is 77.4 Å². The van der Waals surface area contributed by atoms with Crippen LogP contribution < -0.4 is 5.32 Å². The van der Waals surface area contributed by atoms with Gasteiger partial charge in [0, 0.05) is 5.69 Å². The molecule has 0 aliphatic rings. The number of alkyl halides is 3. The summed E-state index contributed by atoms with van der Waals surface area (Å²) in [5.41, 5.74) is 2.45. The molecule has 26 heavy (non-hydrogen) atoms. The van der Waals surface area contributed by atoms with Gasteiger partial charge in [0.05, 0.1) is 11.6 Å². The quantitative estimate of drug-likeness (QED) is 0.483. The van der Waals surface area contributed by atoms with Crippen molar-refractivity contribution in [2.75, 3.05) is 5.32 Å². The van der Waals surface area contributed by atoms with E-state index in [2.05, 4.69) is 37.4 Å². The highest BCUT2D eigenvalue weighted by Crippen LogP contribution is 2.33. The first-order valence-corrected chi connectivity index (χ1v) is 9.13. The Kier molecular flexibility index (Phi) is 7.31. The van der Waals surface area contributed by atoms with Crippen LogP contribution in [0, 0.1) is 0 Å². The Morgan fingerprint density at radius 1 is 0.962 bits per heavy atom. The molecule has 0 aliphatic heterocycles. The fraction of sp³-hybridized carbons (Fsp3) is 0.364. The molecule has 0 saturated heterocycles. The number of allylic oxidation sites excluding steroid dienone is 1. The van der Waals surface area contributed by atoms with Gasteiger partial charge in [0.15, 0.2) is 0 Å². The van der Waals surface area contributed by atoms with Gasteiger partial charge >= 0.3 is 6.18 Å². The van der Waals surface area contributed by atoms with Crippen LogP contribution in [0.1, 0.15) is 56.7 Å². The minimum absolute atomic E-state index is 0.0422. The average Bonchev–Trinajstić information content (AvgIpc) is 2.64. The summed E-state index contributed by atoms with van der Waals surface area (Å²) in [4.78, 5) is 0. The van der Waals surface area contributed by atoms with Gasteiger partial charge in [-0.2, -0.15) is 13.2 Å². The molecule has 1 N–H and O–H groups in total.